The van der Waals surface area contributed by atoms with Crippen molar-refractivity contribution in [2.24, 2.45) is 10.8 Å². The third kappa shape index (κ3) is 3.09. The SMILES string of the molecule is Cc1ccccc1C(=Nc1ccccc1O)NNN. The van der Waals surface area contributed by atoms with E-state index in [-0.39, 0.29) is 5.75 Å². The van der Waals surface area contributed by atoms with Crippen molar-refractivity contribution in [3.63, 3.8) is 0 Å². The summed E-state index contributed by atoms with van der Waals surface area (Å²) in [5.74, 6) is 5.97. The van der Waals surface area contributed by atoms with Gasteiger partial charge in [-0.05, 0) is 24.6 Å². The van der Waals surface area contributed by atoms with Gasteiger partial charge in [0.1, 0.15) is 17.3 Å². The van der Waals surface area contributed by atoms with E-state index in [4.69, 9.17) is 5.84 Å². The van der Waals surface area contributed by atoms with Gasteiger partial charge in [0, 0.05) is 5.56 Å². The predicted molar refractivity (Wildman–Crippen MR) is 75.9 cm³/mol. The van der Waals surface area contributed by atoms with Crippen molar-refractivity contribution in [1.82, 2.24) is 11.0 Å². The molecule has 0 bridgehead atoms. The van der Waals surface area contributed by atoms with E-state index in [1.54, 1.807) is 18.2 Å². The summed E-state index contributed by atoms with van der Waals surface area (Å²) in [5, 5.41) is 9.76. The number of phenolic OH excluding ortho intramolecular Hbond substituents is 1. The van der Waals surface area contributed by atoms with Gasteiger partial charge in [0.25, 0.3) is 0 Å². The van der Waals surface area contributed by atoms with Gasteiger partial charge in [-0.2, -0.15) is 5.53 Å². The molecule has 0 aliphatic carbocycles. The van der Waals surface area contributed by atoms with E-state index < -0.39 is 0 Å². The lowest BCUT2D eigenvalue weighted by atomic mass is 10.1. The summed E-state index contributed by atoms with van der Waals surface area (Å²) in [4.78, 5) is 4.39. The number of aliphatic imine (C=N–C) groups is 1. The minimum Gasteiger partial charge on any atom is -0.506 e. The lowest BCUT2D eigenvalue weighted by molar-refractivity contribution is 0.477. The second kappa shape index (κ2) is 5.99. The molecule has 0 unspecified atom stereocenters. The molecule has 2 aromatic carbocycles. The monoisotopic (exact) mass is 256 g/mol. The zero-order valence-corrected chi connectivity index (χ0v) is 10.6. The molecule has 19 heavy (non-hydrogen) atoms. The first kappa shape index (κ1) is 13.1. The van der Waals surface area contributed by atoms with Gasteiger partial charge in [0.05, 0.1) is 0 Å². The molecule has 0 saturated heterocycles. The van der Waals surface area contributed by atoms with Crippen LogP contribution in [-0.4, -0.2) is 10.9 Å². The molecule has 0 amide bonds. The van der Waals surface area contributed by atoms with Crippen molar-refractivity contribution < 1.29 is 5.11 Å². The van der Waals surface area contributed by atoms with Crippen molar-refractivity contribution >= 4 is 11.5 Å². The fourth-order valence-corrected chi connectivity index (χ4v) is 1.74. The van der Waals surface area contributed by atoms with Gasteiger partial charge in [-0.15, -0.1) is 0 Å². The van der Waals surface area contributed by atoms with E-state index in [0.29, 0.717) is 11.5 Å². The van der Waals surface area contributed by atoms with Crippen molar-refractivity contribution in [1.29, 1.82) is 0 Å². The molecule has 5 nitrogen and oxygen atoms in total. The van der Waals surface area contributed by atoms with E-state index in [1.807, 2.05) is 37.3 Å². The second-order valence-corrected chi connectivity index (χ2v) is 4.03. The van der Waals surface area contributed by atoms with Crippen molar-refractivity contribution in [3.05, 3.63) is 59.7 Å². The number of nitrogens with two attached hydrogens (primary N) is 1. The van der Waals surface area contributed by atoms with Crippen LogP contribution in [0.5, 0.6) is 5.75 Å². The molecule has 0 radical (unpaired) electrons. The standard InChI is InChI=1S/C14H16N4O/c1-10-6-2-3-7-11(10)14(17-18-15)16-12-8-4-5-9-13(12)19/h2-9,18-19H,15H2,1H3,(H,16,17). The second-order valence-electron chi connectivity index (χ2n) is 4.03. The average molecular weight is 256 g/mol. The Hall–Kier alpha value is -2.37. The van der Waals surface area contributed by atoms with Crippen molar-refractivity contribution in [2.75, 3.05) is 0 Å². The lowest BCUT2D eigenvalue weighted by Gasteiger charge is -2.11. The van der Waals surface area contributed by atoms with Gasteiger partial charge >= 0.3 is 0 Å². The third-order valence-electron chi connectivity index (χ3n) is 2.70. The summed E-state index contributed by atoms with van der Waals surface area (Å²) in [7, 11) is 0. The van der Waals surface area contributed by atoms with Gasteiger partial charge in [-0.1, -0.05) is 36.4 Å². The van der Waals surface area contributed by atoms with Gasteiger partial charge in [-0.25, -0.2) is 4.99 Å². The average Bonchev–Trinajstić information content (AvgIpc) is 2.41. The maximum Gasteiger partial charge on any atom is 0.149 e. The van der Waals surface area contributed by atoms with E-state index in [0.717, 1.165) is 11.1 Å². The Labute approximate surface area is 111 Å². The van der Waals surface area contributed by atoms with Crippen LogP contribution in [0.25, 0.3) is 0 Å². The summed E-state index contributed by atoms with van der Waals surface area (Å²) in [6.45, 7) is 1.98. The summed E-state index contributed by atoms with van der Waals surface area (Å²) >= 11 is 0. The van der Waals surface area contributed by atoms with Gasteiger partial charge in [0.2, 0.25) is 0 Å². The molecular weight excluding hydrogens is 240 g/mol. The first-order valence-electron chi connectivity index (χ1n) is 5.86. The minimum atomic E-state index is 0.118. The number of hydrogen-bond donors (Lipinski definition) is 4. The van der Waals surface area contributed by atoms with Crippen LogP contribution < -0.4 is 16.8 Å². The minimum absolute atomic E-state index is 0.118. The highest BCUT2D eigenvalue weighted by molar-refractivity contribution is 6.01. The molecule has 0 aliphatic heterocycles. The highest BCUT2D eigenvalue weighted by atomic mass is 16.3. The Morgan fingerprint density at radius 1 is 1.11 bits per heavy atom. The number of para-hydroxylation sites is 2. The van der Waals surface area contributed by atoms with Crippen LogP contribution in [0.15, 0.2) is 53.5 Å². The van der Waals surface area contributed by atoms with Crippen molar-refractivity contribution in [2.45, 2.75) is 6.92 Å². The smallest absolute Gasteiger partial charge is 0.149 e. The summed E-state index contributed by atoms with van der Waals surface area (Å²) in [5.41, 5.74) is 7.59. The Morgan fingerprint density at radius 3 is 2.47 bits per heavy atom. The molecule has 0 atom stereocenters. The highest BCUT2D eigenvalue weighted by Gasteiger charge is 2.07. The third-order valence-corrected chi connectivity index (χ3v) is 2.70. The molecule has 98 valence electrons. The summed E-state index contributed by atoms with van der Waals surface area (Å²) in [6.07, 6.45) is 0. The number of phenols is 1. The van der Waals surface area contributed by atoms with E-state index >= 15 is 0 Å². The normalized spacial score (nSPS) is 11.4. The number of rotatable bonds is 3. The van der Waals surface area contributed by atoms with E-state index in [2.05, 4.69) is 16.0 Å². The molecule has 5 heteroatoms. The Balaban J connectivity index is 2.47. The molecule has 0 aromatic heterocycles. The molecule has 0 aliphatic rings. The number of nitrogens with one attached hydrogen (secondary N) is 2. The van der Waals surface area contributed by atoms with E-state index in [9.17, 15) is 5.11 Å². The van der Waals surface area contributed by atoms with Gasteiger partial charge < -0.3 is 5.11 Å². The predicted octanol–water partition coefficient (Wildman–Crippen LogP) is 1.75. The molecule has 5 N–H and O–H groups in total. The maximum absolute atomic E-state index is 9.76. The molecule has 2 aromatic rings. The molecule has 0 heterocycles. The zero-order valence-electron chi connectivity index (χ0n) is 10.6. The number of aryl methyl sites for hydroxylation is 1. The quantitative estimate of drug-likeness (QED) is 0.292. The number of hydrazine groups is 2. The first-order valence-corrected chi connectivity index (χ1v) is 5.86. The van der Waals surface area contributed by atoms with Crippen LogP contribution in [-0.2, 0) is 0 Å². The van der Waals surface area contributed by atoms with Gasteiger partial charge in [-0.3, -0.25) is 11.3 Å². The van der Waals surface area contributed by atoms with Crippen LogP contribution in [0.3, 0.4) is 0 Å². The highest BCUT2D eigenvalue weighted by Crippen LogP contribution is 2.25. The van der Waals surface area contributed by atoms with Crippen LogP contribution in [0, 0.1) is 6.92 Å². The molecule has 2 rings (SSSR count). The number of nitrogens with zero attached hydrogens (tertiary/aromatic N) is 1. The topological polar surface area (TPSA) is 82.7 Å². The van der Waals surface area contributed by atoms with E-state index in [1.165, 1.54) is 0 Å². The van der Waals surface area contributed by atoms with Crippen LogP contribution in [0.2, 0.25) is 0 Å². The Morgan fingerprint density at radius 2 is 1.79 bits per heavy atom. The van der Waals surface area contributed by atoms with Crippen LogP contribution >= 0.6 is 0 Å². The van der Waals surface area contributed by atoms with Crippen LogP contribution in [0.1, 0.15) is 11.1 Å². The fourth-order valence-electron chi connectivity index (χ4n) is 1.74. The first-order chi connectivity index (χ1) is 9.22. The number of hydrogen-bond acceptors (Lipinski definition) is 4. The lowest BCUT2D eigenvalue weighted by Crippen LogP contribution is -2.42. The maximum atomic E-state index is 9.76. The van der Waals surface area contributed by atoms with Crippen molar-refractivity contribution in [3.8, 4) is 5.75 Å². The Kier molecular flexibility index (Phi) is 4.12. The van der Waals surface area contributed by atoms with Gasteiger partial charge in [0.15, 0.2) is 0 Å². The number of benzene rings is 2. The zero-order chi connectivity index (χ0) is 13.7. The summed E-state index contributed by atoms with van der Waals surface area (Å²) < 4.78 is 0. The summed E-state index contributed by atoms with van der Waals surface area (Å²) in [6, 6.07) is 14.6. The molecule has 0 fully saturated rings. The molecular formula is C14H16N4O. The Bertz CT molecular complexity index is 596. The molecule has 0 spiro atoms. The number of amidine groups is 1. The number of aromatic hydroxyl groups is 1. The molecule has 0 saturated carbocycles. The van der Waals surface area contributed by atoms with Crippen LogP contribution in [0.4, 0.5) is 5.69 Å². The fraction of sp³-hybridized carbons (Fsp3) is 0.0714. The largest absolute Gasteiger partial charge is 0.506 e.